The first kappa shape index (κ1) is 14.8. The van der Waals surface area contributed by atoms with Crippen LogP contribution in [0.5, 0.6) is 11.5 Å². The number of aryl methyl sites for hydroxylation is 1. The van der Waals surface area contributed by atoms with Crippen LogP contribution in [0.15, 0.2) is 6.07 Å². The van der Waals surface area contributed by atoms with Gasteiger partial charge in [-0.2, -0.15) is 0 Å². The normalized spacial score (nSPS) is 17.3. The maximum absolute atomic E-state index is 6.02. The first-order valence-corrected chi connectivity index (χ1v) is 6.66. The molecule has 1 aromatic rings. The molecular weight excluding hydrogens is 226 g/mol. The summed E-state index contributed by atoms with van der Waals surface area (Å²) in [5.41, 5.74) is 9.64. The van der Waals surface area contributed by atoms with E-state index in [1.807, 2.05) is 20.8 Å². The molecule has 1 aliphatic rings. The third kappa shape index (κ3) is 2.78. The Labute approximate surface area is 110 Å². The zero-order valence-electron chi connectivity index (χ0n) is 12.2. The number of nitrogens with two attached hydrogens (primary N) is 1. The highest BCUT2D eigenvalue weighted by atomic mass is 16.5. The van der Waals surface area contributed by atoms with Crippen LogP contribution >= 0.6 is 0 Å². The number of hydrogen-bond acceptors (Lipinski definition) is 3. The van der Waals surface area contributed by atoms with E-state index < -0.39 is 0 Å². The van der Waals surface area contributed by atoms with Gasteiger partial charge in [0.1, 0.15) is 11.5 Å². The second-order valence-corrected chi connectivity index (χ2v) is 4.39. The third-order valence-corrected chi connectivity index (χ3v) is 3.30. The maximum Gasteiger partial charge on any atom is 0.125 e. The van der Waals surface area contributed by atoms with Crippen LogP contribution in [0.2, 0.25) is 0 Å². The zero-order chi connectivity index (χ0) is 13.7. The second kappa shape index (κ2) is 6.64. The molecule has 1 unspecified atom stereocenters. The van der Waals surface area contributed by atoms with Gasteiger partial charge < -0.3 is 15.2 Å². The lowest BCUT2D eigenvalue weighted by molar-refractivity contribution is 0.383. The summed E-state index contributed by atoms with van der Waals surface area (Å²) >= 11 is 0. The Kier molecular flexibility index (Phi) is 5.48. The number of rotatable bonds is 2. The number of methoxy groups -OCH3 is 2. The molecule has 102 valence electrons. The molecule has 18 heavy (non-hydrogen) atoms. The topological polar surface area (TPSA) is 44.5 Å². The molecule has 0 saturated heterocycles. The standard InChI is InChI=1S/C13H19NO2.C2H6/c1-8-6-12(15-2)10-5-4-9(14)7-11(10)13(8)16-3;1-2/h6,9H,4-5,7,14H2,1-3H3;1-2H3. The van der Waals surface area contributed by atoms with Crippen molar-refractivity contribution in [2.45, 2.75) is 46.1 Å². The smallest absolute Gasteiger partial charge is 0.125 e. The van der Waals surface area contributed by atoms with Gasteiger partial charge in [-0.25, -0.2) is 0 Å². The minimum absolute atomic E-state index is 0.243. The van der Waals surface area contributed by atoms with Crippen LogP contribution in [0, 0.1) is 6.92 Å². The first-order valence-electron chi connectivity index (χ1n) is 6.66. The Bertz CT molecular complexity index is 402. The number of fused-ring (bicyclic) bond motifs is 1. The molecule has 1 aliphatic carbocycles. The lowest BCUT2D eigenvalue weighted by Crippen LogP contribution is -2.28. The van der Waals surface area contributed by atoms with E-state index in [0.29, 0.717) is 0 Å². The predicted octanol–water partition coefficient (Wildman–Crippen LogP) is 2.85. The van der Waals surface area contributed by atoms with E-state index in [1.54, 1.807) is 14.2 Å². The number of hydrogen-bond donors (Lipinski definition) is 1. The van der Waals surface area contributed by atoms with Crippen LogP contribution in [0.4, 0.5) is 0 Å². The molecule has 0 fully saturated rings. The molecule has 2 rings (SSSR count). The van der Waals surface area contributed by atoms with Gasteiger partial charge in [0.05, 0.1) is 14.2 Å². The molecule has 1 aromatic carbocycles. The van der Waals surface area contributed by atoms with Gasteiger partial charge in [0.2, 0.25) is 0 Å². The molecule has 0 aromatic heterocycles. The van der Waals surface area contributed by atoms with Crippen molar-refractivity contribution in [3.05, 3.63) is 22.8 Å². The Morgan fingerprint density at radius 2 is 1.83 bits per heavy atom. The molecule has 3 nitrogen and oxygen atoms in total. The van der Waals surface area contributed by atoms with Crippen molar-refractivity contribution in [3.63, 3.8) is 0 Å². The molecular formula is C15H25NO2. The molecule has 0 radical (unpaired) electrons. The van der Waals surface area contributed by atoms with Gasteiger partial charge in [-0.15, -0.1) is 0 Å². The molecule has 1 atom stereocenters. The van der Waals surface area contributed by atoms with Crippen LogP contribution in [0.25, 0.3) is 0 Å². The van der Waals surface area contributed by atoms with E-state index in [9.17, 15) is 0 Å². The molecule has 2 N–H and O–H groups in total. The summed E-state index contributed by atoms with van der Waals surface area (Å²) in [6.45, 7) is 6.04. The molecule has 0 amide bonds. The van der Waals surface area contributed by atoms with E-state index in [1.165, 1.54) is 11.1 Å². The van der Waals surface area contributed by atoms with Crippen LogP contribution in [0.3, 0.4) is 0 Å². The minimum Gasteiger partial charge on any atom is -0.496 e. The van der Waals surface area contributed by atoms with Gasteiger partial charge in [0, 0.05) is 17.2 Å². The molecule has 0 spiro atoms. The lowest BCUT2D eigenvalue weighted by atomic mass is 9.86. The quantitative estimate of drug-likeness (QED) is 0.879. The largest absolute Gasteiger partial charge is 0.496 e. The highest BCUT2D eigenvalue weighted by molar-refractivity contribution is 5.54. The Morgan fingerprint density at radius 1 is 1.17 bits per heavy atom. The Hall–Kier alpha value is -1.22. The van der Waals surface area contributed by atoms with Gasteiger partial charge in [-0.3, -0.25) is 0 Å². The Balaban J connectivity index is 0.000000771. The Morgan fingerprint density at radius 3 is 2.39 bits per heavy atom. The molecule has 0 bridgehead atoms. The zero-order valence-corrected chi connectivity index (χ0v) is 12.2. The summed E-state index contributed by atoms with van der Waals surface area (Å²) in [6.07, 6.45) is 2.89. The van der Waals surface area contributed by atoms with Gasteiger partial charge in [0.25, 0.3) is 0 Å². The van der Waals surface area contributed by atoms with E-state index in [4.69, 9.17) is 15.2 Å². The van der Waals surface area contributed by atoms with Crippen LogP contribution < -0.4 is 15.2 Å². The fraction of sp³-hybridized carbons (Fsp3) is 0.600. The minimum atomic E-state index is 0.243. The van der Waals surface area contributed by atoms with Gasteiger partial charge in [0.15, 0.2) is 0 Å². The van der Waals surface area contributed by atoms with Crippen molar-refractivity contribution in [1.82, 2.24) is 0 Å². The second-order valence-electron chi connectivity index (χ2n) is 4.39. The van der Waals surface area contributed by atoms with Crippen molar-refractivity contribution < 1.29 is 9.47 Å². The highest BCUT2D eigenvalue weighted by Gasteiger charge is 2.23. The fourth-order valence-electron chi connectivity index (χ4n) is 2.52. The van der Waals surface area contributed by atoms with Gasteiger partial charge >= 0.3 is 0 Å². The van der Waals surface area contributed by atoms with Crippen molar-refractivity contribution >= 4 is 0 Å². The summed E-state index contributed by atoms with van der Waals surface area (Å²) in [5.74, 6) is 1.95. The molecule has 3 heteroatoms. The number of ether oxygens (including phenoxy) is 2. The maximum atomic E-state index is 6.02. The van der Waals surface area contributed by atoms with E-state index >= 15 is 0 Å². The van der Waals surface area contributed by atoms with E-state index in [2.05, 4.69) is 6.07 Å². The predicted molar refractivity (Wildman–Crippen MR) is 75.6 cm³/mol. The van der Waals surface area contributed by atoms with Crippen LogP contribution in [-0.4, -0.2) is 20.3 Å². The summed E-state index contributed by atoms with van der Waals surface area (Å²) < 4.78 is 10.9. The molecule has 0 saturated carbocycles. The lowest BCUT2D eigenvalue weighted by Gasteiger charge is -2.26. The number of benzene rings is 1. The molecule has 0 heterocycles. The first-order chi connectivity index (χ1) is 8.67. The van der Waals surface area contributed by atoms with Gasteiger partial charge in [-0.1, -0.05) is 13.8 Å². The summed E-state index contributed by atoms with van der Waals surface area (Å²) in [5, 5.41) is 0. The summed E-state index contributed by atoms with van der Waals surface area (Å²) in [7, 11) is 3.44. The highest BCUT2D eigenvalue weighted by Crippen LogP contribution is 2.38. The summed E-state index contributed by atoms with van der Waals surface area (Å²) in [6, 6.07) is 2.29. The van der Waals surface area contributed by atoms with E-state index in [0.717, 1.165) is 36.3 Å². The average molecular weight is 251 g/mol. The van der Waals surface area contributed by atoms with Crippen molar-refractivity contribution in [1.29, 1.82) is 0 Å². The third-order valence-electron chi connectivity index (χ3n) is 3.30. The monoisotopic (exact) mass is 251 g/mol. The SMILES string of the molecule is CC.COc1cc(C)c(OC)c2c1CCC(N)C2. The van der Waals surface area contributed by atoms with Gasteiger partial charge in [-0.05, 0) is 37.8 Å². The summed E-state index contributed by atoms with van der Waals surface area (Å²) in [4.78, 5) is 0. The van der Waals surface area contributed by atoms with Crippen molar-refractivity contribution in [2.24, 2.45) is 5.73 Å². The molecule has 0 aliphatic heterocycles. The van der Waals surface area contributed by atoms with E-state index in [-0.39, 0.29) is 6.04 Å². The van der Waals surface area contributed by atoms with Crippen LogP contribution in [-0.2, 0) is 12.8 Å². The fourth-order valence-corrected chi connectivity index (χ4v) is 2.52. The van der Waals surface area contributed by atoms with Crippen molar-refractivity contribution in [2.75, 3.05) is 14.2 Å². The average Bonchev–Trinajstić information content (AvgIpc) is 2.40. The van der Waals surface area contributed by atoms with Crippen LogP contribution in [0.1, 0.15) is 37.0 Å². The van der Waals surface area contributed by atoms with Crippen molar-refractivity contribution in [3.8, 4) is 11.5 Å².